The van der Waals surface area contributed by atoms with Gasteiger partial charge in [-0.25, -0.2) is 0 Å². The minimum atomic E-state index is 0.0678. The Hall–Kier alpha value is -1.55. The first-order chi connectivity index (χ1) is 9.45. The predicted octanol–water partition coefficient (Wildman–Crippen LogP) is 2.76. The Kier molecular flexibility index (Phi) is 6.52. The number of nitrogens with zero attached hydrogens (tertiary/aromatic N) is 1. The number of phenols is 1. The van der Waals surface area contributed by atoms with Crippen LogP contribution in [0.1, 0.15) is 33.1 Å². The third kappa shape index (κ3) is 4.85. The first-order valence-corrected chi connectivity index (χ1v) is 7.21. The largest absolute Gasteiger partial charge is 0.508 e. The van der Waals surface area contributed by atoms with Crippen molar-refractivity contribution in [3.63, 3.8) is 0 Å². The fraction of sp³-hybridized carbons (Fsp3) is 0.562. The minimum absolute atomic E-state index is 0.0678. The lowest BCUT2D eigenvalue weighted by Gasteiger charge is -2.22. The SMILES string of the molecule is CC(C)C(CCN)CCC(=O)N(C)c1cccc(O)c1. The second-order valence-electron chi connectivity index (χ2n) is 5.59. The molecule has 4 nitrogen and oxygen atoms in total. The van der Waals surface area contributed by atoms with E-state index in [-0.39, 0.29) is 11.7 Å². The van der Waals surface area contributed by atoms with Crippen molar-refractivity contribution in [2.45, 2.75) is 33.1 Å². The van der Waals surface area contributed by atoms with Gasteiger partial charge < -0.3 is 15.7 Å². The molecule has 0 radical (unpaired) electrons. The molecule has 0 saturated carbocycles. The lowest BCUT2D eigenvalue weighted by Crippen LogP contribution is -2.27. The van der Waals surface area contributed by atoms with E-state index >= 15 is 0 Å². The highest BCUT2D eigenvalue weighted by Gasteiger charge is 2.17. The molecule has 1 aromatic carbocycles. The van der Waals surface area contributed by atoms with E-state index in [0.717, 1.165) is 18.5 Å². The summed E-state index contributed by atoms with van der Waals surface area (Å²) in [6, 6.07) is 6.74. The summed E-state index contributed by atoms with van der Waals surface area (Å²) in [4.78, 5) is 13.8. The van der Waals surface area contributed by atoms with Crippen LogP contribution >= 0.6 is 0 Å². The number of hydrogen-bond donors (Lipinski definition) is 2. The van der Waals surface area contributed by atoms with Gasteiger partial charge in [0.05, 0.1) is 0 Å². The Bertz CT molecular complexity index is 432. The van der Waals surface area contributed by atoms with Crippen molar-refractivity contribution in [3.8, 4) is 5.75 Å². The predicted molar refractivity (Wildman–Crippen MR) is 82.8 cm³/mol. The highest BCUT2D eigenvalue weighted by Crippen LogP contribution is 2.23. The van der Waals surface area contributed by atoms with E-state index in [9.17, 15) is 9.90 Å². The molecular formula is C16H26N2O2. The number of aromatic hydroxyl groups is 1. The Morgan fingerprint density at radius 2 is 2.05 bits per heavy atom. The van der Waals surface area contributed by atoms with Crippen LogP contribution in [0.2, 0.25) is 0 Å². The van der Waals surface area contributed by atoms with Gasteiger partial charge >= 0.3 is 0 Å². The molecule has 1 atom stereocenters. The number of carbonyl (C=O) groups excluding carboxylic acids is 1. The van der Waals surface area contributed by atoms with E-state index < -0.39 is 0 Å². The maximum absolute atomic E-state index is 12.2. The molecule has 3 N–H and O–H groups in total. The quantitative estimate of drug-likeness (QED) is 0.806. The molecule has 0 heterocycles. The monoisotopic (exact) mass is 278 g/mol. The summed E-state index contributed by atoms with van der Waals surface area (Å²) in [5.41, 5.74) is 6.34. The summed E-state index contributed by atoms with van der Waals surface area (Å²) >= 11 is 0. The highest BCUT2D eigenvalue weighted by atomic mass is 16.3. The number of hydrogen-bond acceptors (Lipinski definition) is 3. The number of nitrogens with two attached hydrogens (primary N) is 1. The van der Waals surface area contributed by atoms with Gasteiger partial charge in [0, 0.05) is 25.2 Å². The summed E-state index contributed by atoms with van der Waals surface area (Å²) in [6.07, 6.45) is 2.33. The van der Waals surface area contributed by atoms with Gasteiger partial charge in [0.2, 0.25) is 5.91 Å². The zero-order valence-corrected chi connectivity index (χ0v) is 12.7. The van der Waals surface area contributed by atoms with Crippen molar-refractivity contribution in [2.24, 2.45) is 17.6 Å². The summed E-state index contributed by atoms with van der Waals surface area (Å²) in [5, 5.41) is 9.45. The number of amides is 1. The average molecular weight is 278 g/mol. The summed E-state index contributed by atoms with van der Waals surface area (Å²) < 4.78 is 0. The molecule has 0 aliphatic carbocycles. The molecule has 4 heteroatoms. The molecule has 0 saturated heterocycles. The fourth-order valence-corrected chi connectivity index (χ4v) is 2.35. The maximum Gasteiger partial charge on any atom is 0.226 e. The van der Waals surface area contributed by atoms with Crippen LogP contribution in [0.15, 0.2) is 24.3 Å². The van der Waals surface area contributed by atoms with Gasteiger partial charge in [-0.3, -0.25) is 4.79 Å². The second-order valence-corrected chi connectivity index (χ2v) is 5.59. The number of phenolic OH excluding ortho intramolecular Hbond substituents is 1. The van der Waals surface area contributed by atoms with E-state index in [4.69, 9.17) is 5.73 Å². The molecule has 20 heavy (non-hydrogen) atoms. The minimum Gasteiger partial charge on any atom is -0.508 e. The Morgan fingerprint density at radius 1 is 1.35 bits per heavy atom. The van der Waals surface area contributed by atoms with E-state index in [0.29, 0.717) is 24.8 Å². The Morgan fingerprint density at radius 3 is 2.60 bits per heavy atom. The van der Waals surface area contributed by atoms with Crippen molar-refractivity contribution in [2.75, 3.05) is 18.5 Å². The zero-order chi connectivity index (χ0) is 15.1. The standard InChI is InChI=1S/C16H26N2O2/c1-12(2)13(9-10-17)7-8-16(20)18(3)14-5-4-6-15(19)11-14/h4-6,11-13,19H,7-10,17H2,1-3H3. The Balaban J connectivity index is 2.57. The lowest BCUT2D eigenvalue weighted by atomic mass is 9.88. The van der Waals surface area contributed by atoms with Gasteiger partial charge in [0.25, 0.3) is 0 Å². The molecule has 1 amide bonds. The van der Waals surface area contributed by atoms with Crippen LogP contribution in [0.5, 0.6) is 5.75 Å². The van der Waals surface area contributed by atoms with Crippen LogP contribution in [0.4, 0.5) is 5.69 Å². The molecule has 0 aromatic heterocycles. The van der Waals surface area contributed by atoms with Crippen molar-refractivity contribution >= 4 is 11.6 Å². The maximum atomic E-state index is 12.2. The molecule has 1 rings (SSSR count). The molecule has 1 aromatic rings. The number of carbonyl (C=O) groups is 1. The summed E-state index contributed by atoms with van der Waals surface area (Å²) in [6.45, 7) is 5.01. The smallest absolute Gasteiger partial charge is 0.226 e. The normalized spacial score (nSPS) is 12.4. The average Bonchev–Trinajstić information content (AvgIpc) is 2.41. The fourth-order valence-electron chi connectivity index (χ4n) is 2.35. The van der Waals surface area contributed by atoms with Crippen LogP contribution in [-0.2, 0) is 4.79 Å². The molecular weight excluding hydrogens is 252 g/mol. The van der Waals surface area contributed by atoms with Gasteiger partial charge in [-0.2, -0.15) is 0 Å². The first kappa shape index (κ1) is 16.5. The third-order valence-electron chi connectivity index (χ3n) is 3.80. The number of anilines is 1. The van der Waals surface area contributed by atoms with Crippen molar-refractivity contribution in [1.29, 1.82) is 0 Å². The first-order valence-electron chi connectivity index (χ1n) is 7.21. The molecule has 0 aliphatic heterocycles. The molecule has 0 bridgehead atoms. The molecule has 0 spiro atoms. The number of benzene rings is 1. The van der Waals surface area contributed by atoms with Gasteiger partial charge in [-0.1, -0.05) is 19.9 Å². The highest BCUT2D eigenvalue weighted by molar-refractivity contribution is 5.92. The van der Waals surface area contributed by atoms with Gasteiger partial charge in [-0.15, -0.1) is 0 Å². The summed E-state index contributed by atoms with van der Waals surface area (Å²) in [7, 11) is 1.74. The molecule has 0 fully saturated rings. The van der Waals surface area contributed by atoms with Crippen molar-refractivity contribution in [1.82, 2.24) is 0 Å². The van der Waals surface area contributed by atoms with E-state index in [1.165, 1.54) is 0 Å². The van der Waals surface area contributed by atoms with E-state index in [2.05, 4.69) is 13.8 Å². The third-order valence-corrected chi connectivity index (χ3v) is 3.80. The van der Waals surface area contributed by atoms with Crippen molar-refractivity contribution in [3.05, 3.63) is 24.3 Å². The topological polar surface area (TPSA) is 66.6 Å². The van der Waals surface area contributed by atoms with Gasteiger partial charge in [-0.05, 0) is 43.4 Å². The van der Waals surface area contributed by atoms with Crippen LogP contribution in [0, 0.1) is 11.8 Å². The van der Waals surface area contributed by atoms with Crippen LogP contribution in [0.3, 0.4) is 0 Å². The van der Waals surface area contributed by atoms with E-state index in [1.54, 1.807) is 30.1 Å². The van der Waals surface area contributed by atoms with Crippen LogP contribution < -0.4 is 10.6 Å². The molecule has 112 valence electrons. The van der Waals surface area contributed by atoms with Gasteiger partial charge in [0.15, 0.2) is 0 Å². The Labute approximate surface area is 121 Å². The van der Waals surface area contributed by atoms with Gasteiger partial charge in [0.1, 0.15) is 5.75 Å². The lowest BCUT2D eigenvalue weighted by molar-refractivity contribution is -0.118. The second kappa shape index (κ2) is 7.90. The molecule has 0 aliphatic rings. The van der Waals surface area contributed by atoms with E-state index in [1.807, 2.05) is 6.07 Å². The van der Waals surface area contributed by atoms with Crippen LogP contribution in [0.25, 0.3) is 0 Å². The molecule has 1 unspecified atom stereocenters. The number of rotatable bonds is 7. The summed E-state index contributed by atoms with van der Waals surface area (Å²) in [5.74, 6) is 1.27. The van der Waals surface area contributed by atoms with Crippen LogP contribution in [-0.4, -0.2) is 24.6 Å². The van der Waals surface area contributed by atoms with Crippen molar-refractivity contribution < 1.29 is 9.90 Å². The zero-order valence-electron chi connectivity index (χ0n) is 12.7.